The Morgan fingerprint density at radius 2 is 1.97 bits per heavy atom. The number of likely N-dealkylation sites (tertiary alicyclic amines) is 1. The van der Waals surface area contributed by atoms with Crippen LogP contribution in [0.25, 0.3) is 0 Å². The smallest absolute Gasteiger partial charge is 0.255 e. The van der Waals surface area contributed by atoms with Gasteiger partial charge in [0.1, 0.15) is 6.10 Å². The van der Waals surface area contributed by atoms with E-state index in [1.807, 2.05) is 36.4 Å². The highest BCUT2D eigenvalue weighted by Gasteiger charge is 2.77. The Bertz CT molecular complexity index is 1230. The van der Waals surface area contributed by atoms with Crippen LogP contribution in [0.1, 0.15) is 48.8 Å². The average Bonchev–Trinajstić information content (AvgIpc) is 3.66. The standard InChI is InChI=1S/C30H36N2O5/c1-36-30-13-12-29(35,27(34)31-15-11-19-5-3-2-4-6-19)26-28(30)14-16-32(18-20-7-8-20)23(30)17-21-9-10-22(33)25(37-26)24(21)28/h2-6,9-10,20,23,26,33,35H,7-8,11-18H2,1H3,(H,31,34)/t23-,26-,28+,29+,30-/m1/s1. The largest absolute Gasteiger partial charge is 0.504 e. The first kappa shape index (κ1) is 23.5. The van der Waals surface area contributed by atoms with Gasteiger partial charge in [-0.3, -0.25) is 9.69 Å². The lowest BCUT2D eigenvalue weighted by Gasteiger charge is -2.66. The molecule has 0 radical (unpaired) electrons. The molecule has 1 amide bonds. The van der Waals surface area contributed by atoms with Crippen LogP contribution in [-0.4, -0.2) is 71.1 Å². The number of carbonyl (C=O) groups excluding carboxylic acids is 1. The van der Waals surface area contributed by atoms with Crippen molar-refractivity contribution in [1.82, 2.24) is 10.2 Å². The van der Waals surface area contributed by atoms with E-state index >= 15 is 0 Å². The summed E-state index contributed by atoms with van der Waals surface area (Å²) in [5.74, 6) is 0.851. The molecule has 0 aromatic heterocycles. The molecule has 37 heavy (non-hydrogen) atoms. The Hall–Kier alpha value is -2.61. The zero-order valence-electron chi connectivity index (χ0n) is 21.4. The molecule has 0 unspecified atom stereocenters. The highest BCUT2D eigenvalue weighted by atomic mass is 16.5. The molecule has 1 saturated heterocycles. The summed E-state index contributed by atoms with van der Waals surface area (Å²) in [6.07, 6.45) is 4.80. The van der Waals surface area contributed by atoms with Gasteiger partial charge in [-0.1, -0.05) is 36.4 Å². The van der Waals surface area contributed by atoms with Gasteiger partial charge < -0.3 is 25.0 Å². The zero-order chi connectivity index (χ0) is 25.4. The normalized spacial score (nSPS) is 35.5. The van der Waals surface area contributed by atoms with E-state index in [2.05, 4.69) is 10.2 Å². The monoisotopic (exact) mass is 504 g/mol. The van der Waals surface area contributed by atoms with E-state index < -0.39 is 28.6 Å². The van der Waals surface area contributed by atoms with E-state index in [1.165, 1.54) is 12.8 Å². The van der Waals surface area contributed by atoms with Gasteiger partial charge in [-0.25, -0.2) is 0 Å². The van der Waals surface area contributed by atoms with Crippen molar-refractivity contribution in [3.8, 4) is 11.5 Å². The summed E-state index contributed by atoms with van der Waals surface area (Å²) in [5.41, 5.74) is 0.222. The van der Waals surface area contributed by atoms with Crippen molar-refractivity contribution >= 4 is 5.91 Å². The number of amides is 1. The predicted molar refractivity (Wildman–Crippen MR) is 138 cm³/mol. The molecule has 7 rings (SSSR count). The summed E-state index contributed by atoms with van der Waals surface area (Å²) in [4.78, 5) is 16.3. The molecule has 3 N–H and O–H groups in total. The van der Waals surface area contributed by atoms with Crippen LogP contribution < -0.4 is 10.1 Å². The molecular weight excluding hydrogens is 468 g/mol. The molecule has 2 heterocycles. The van der Waals surface area contributed by atoms with Crippen molar-refractivity contribution in [2.24, 2.45) is 5.92 Å². The molecule has 2 bridgehead atoms. The lowest BCUT2D eigenvalue weighted by atomic mass is 9.46. The lowest BCUT2D eigenvalue weighted by molar-refractivity contribution is -0.242. The number of hydrogen-bond donors (Lipinski definition) is 3. The molecule has 5 aliphatic rings. The number of ether oxygens (including phenoxy) is 2. The molecule has 7 heteroatoms. The molecule has 196 valence electrons. The molecule has 2 aromatic rings. The minimum atomic E-state index is -1.72. The minimum absolute atomic E-state index is 0.0678. The summed E-state index contributed by atoms with van der Waals surface area (Å²) >= 11 is 0. The molecule has 5 atom stereocenters. The van der Waals surface area contributed by atoms with Crippen LogP contribution in [0.15, 0.2) is 42.5 Å². The molecule has 7 nitrogen and oxygen atoms in total. The number of phenols is 1. The molecule has 3 fully saturated rings. The molecule has 2 saturated carbocycles. The van der Waals surface area contributed by atoms with Gasteiger partial charge in [0.05, 0.1) is 11.0 Å². The van der Waals surface area contributed by atoms with Crippen molar-refractivity contribution in [3.63, 3.8) is 0 Å². The maximum atomic E-state index is 13.7. The second-order valence-electron chi connectivity index (χ2n) is 11.8. The first-order valence-electron chi connectivity index (χ1n) is 13.8. The number of aliphatic hydroxyl groups is 1. The summed E-state index contributed by atoms with van der Waals surface area (Å²) < 4.78 is 13.0. The van der Waals surface area contributed by atoms with Crippen molar-refractivity contribution in [3.05, 3.63) is 59.2 Å². The minimum Gasteiger partial charge on any atom is -0.504 e. The highest BCUT2D eigenvalue weighted by Crippen LogP contribution is 2.68. The van der Waals surface area contributed by atoms with Gasteiger partial charge in [-0.2, -0.15) is 0 Å². The Labute approximate surface area is 217 Å². The number of methoxy groups -OCH3 is 1. The fraction of sp³-hybridized carbons (Fsp3) is 0.567. The van der Waals surface area contributed by atoms with E-state index in [1.54, 1.807) is 13.2 Å². The van der Waals surface area contributed by atoms with E-state index in [9.17, 15) is 15.0 Å². The van der Waals surface area contributed by atoms with Crippen molar-refractivity contribution in [1.29, 1.82) is 0 Å². The number of rotatable bonds is 7. The Morgan fingerprint density at radius 3 is 2.73 bits per heavy atom. The molecule has 1 spiro atoms. The topological polar surface area (TPSA) is 91.3 Å². The van der Waals surface area contributed by atoms with Gasteiger partial charge in [0.2, 0.25) is 0 Å². The van der Waals surface area contributed by atoms with E-state index in [-0.39, 0.29) is 18.2 Å². The van der Waals surface area contributed by atoms with E-state index in [0.717, 1.165) is 48.5 Å². The van der Waals surface area contributed by atoms with Gasteiger partial charge in [-0.05, 0) is 74.6 Å². The SMILES string of the molecule is CO[C@@]12CC[C@@](O)(C(=O)NCCc3ccccc3)[C@@H]3Oc4c(O)ccc5c4[C@@]31CCN(CC1CC1)[C@@H]2C5. The molecular formula is C30H36N2O5. The van der Waals surface area contributed by atoms with Gasteiger partial charge in [0.25, 0.3) is 5.91 Å². The van der Waals surface area contributed by atoms with Crippen molar-refractivity contribution < 1.29 is 24.5 Å². The average molecular weight is 505 g/mol. The van der Waals surface area contributed by atoms with Crippen LogP contribution >= 0.6 is 0 Å². The summed E-state index contributed by atoms with van der Waals surface area (Å²) in [6.45, 7) is 2.37. The van der Waals surface area contributed by atoms with E-state index in [0.29, 0.717) is 25.1 Å². The maximum absolute atomic E-state index is 13.7. The first-order chi connectivity index (χ1) is 17.9. The number of nitrogens with zero attached hydrogens (tertiary/aromatic N) is 1. The summed E-state index contributed by atoms with van der Waals surface area (Å²) in [7, 11) is 1.78. The highest BCUT2D eigenvalue weighted by molar-refractivity contribution is 5.87. The third-order valence-corrected chi connectivity index (χ3v) is 10.1. The van der Waals surface area contributed by atoms with Crippen LogP contribution in [0.3, 0.4) is 0 Å². The van der Waals surface area contributed by atoms with Gasteiger partial charge in [-0.15, -0.1) is 0 Å². The molecule has 2 aliphatic heterocycles. The third-order valence-electron chi connectivity index (χ3n) is 10.1. The fourth-order valence-corrected chi connectivity index (χ4v) is 8.24. The van der Waals surface area contributed by atoms with Gasteiger partial charge in [0.15, 0.2) is 17.1 Å². The Balaban J connectivity index is 1.26. The Kier molecular flexibility index (Phi) is 5.20. The second-order valence-corrected chi connectivity index (χ2v) is 11.8. The second kappa shape index (κ2) is 8.19. The lowest BCUT2D eigenvalue weighted by Crippen LogP contribution is -2.81. The number of nitrogens with one attached hydrogen (secondary N) is 1. The summed E-state index contributed by atoms with van der Waals surface area (Å²) in [6, 6.07) is 13.9. The van der Waals surface area contributed by atoms with Crippen molar-refractivity contribution in [2.75, 3.05) is 26.7 Å². The molecule has 2 aromatic carbocycles. The number of benzene rings is 2. The maximum Gasteiger partial charge on any atom is 0.255 e. The third kappa shape index (κ3) is 3.14. The zero-order valence-corrected chi connectivity index (χ0v) is 21.4. The van der Waals surface area contributed by atoms with Crippen LogP contribution in [0.4, 0.5) is 0 Å². The van der Waals surface area contributed by atoms with Gasteiger partial charge in [0, 0.05) is 31.8 Å². The number of hydrogen-bond acceptors (Lipinski definition) is 6. The van der Waals surface area contributed by atoms with Gasteiger partial charge >= 0.3 is 0 Å². The Morgan fingerprint density at radius 1 is 1.16 bits per heavy atom. The number of aromatic hydroxyl groups is 1. The summed E-state index contributed by atoms with van der Waals surface area (Å²) in [5, 5.41) is 26.0. The molecule has 3 aliphatic carbocycles. The number of phenolic OH excluding ortho intramolecular Hbond substituents is 1. The first-order valence-corrected chi connectivity index (χ1v) is 13.8. The van der Waals surface area contributed by atoms with Crippen LogP contribution in [-0.2, 0) is 27.8 Å². The van der Waals surface area contributed by atoms with Crippen LogP contribution in [0, 0.1) is 5.92 Å². The predicted octanol–water partition coefficient (Wildman–Crippen LogP) is 2.70. The van der Waals surface area contributed by atoms with Crippen LogP contribution in [0.2, 0.25) is 0 Å². The van der Waals surface area contributed by atoms with Crippen LogP contribution in [0.5, 0.6) is 11.5 Å². The fourth-order valence-electron chi connectivity index (χ4n) is 8.24. The number of carbonyl (C=O) groups is 1. The van der Waals surface area contributed by atoms with Crippen molar-refractivity contribution in [2.45, 2.75) is 73.7 Å². The quantitative estimate of drug-likeness (QED) is 0.537. The number of piperidine rings is 1. The van der Waals surface area contributed by atoms with E-state index in [4.69, 9.17) is 9.47 Å².